The second-order valence-corrected chi connectivity index (χ2v) is 3.31. The van der Waals surface area contributed by atoms with Gasteiger partial charge in [-0.25, -0.2) is 9.97 Å². The topological polar surface area (TPSA) is 25.8 Å². The molecule has 0 saturated carbocycles. The summed E-state index contributed by atoms with van der Waals surface area (Å²) in [5.41, 5.74) is 2.24. The Labute approximate surface area is 89.3 Å². The first-order valence-electron chi connectivity index (χ1n) is 4.87. The number of nitrogens with zero attached hydrogens (tertiary/aromatic N) is 2. The van der Waals surface area contributed by atoms with Gasteiger partial charge in [-0.05, 0) is 30.2 Å². The van der Waals surface area contributed by atoms with Gasteiger partial charge in [0.15, 0.2) is 5.82 Å². The summed E-state index contributed by atoms with van der Waals surface area (Å²) in [7, 11) is 0. The fourth-order valence-corrected chi connectivity index (χ4v) is 1.37. The molecule has 0 aliphatic rings. The quantitative estimate of drug-likeness (QED) is 0.737. The van der Waals surface area contributed by atoms with Gasteiger partial charge >= 0.3 is 0 Å². The average Bonchev–Trinajstić information content (AvgIpc) is 2.31. The third kappa shape index (κ3) is 2.50. The van der Waals surface area contributed by atoms with Crippen LogP contribution >= 0.6 is 0 Å². The molecule has 0 bridgehead atoms. The van der Waals surface area contributed by atoms with Crippen molar-refractivity contribution in [2.45, 2.75) is 6.92 Å². The highest BCUT2D eigenvalue weighted by atomic mass is 14.8. The first-order chi connectivity index (χ1) is 7.36. The maximum atomic E-state index is 4.20. The van der Waals surface area contributed by atoms with Crippen LogP contribution in [-0.2, 0) is 0 Å². The van der Waals surface area contributed by atoms with Gasteiger partial charge in [-0.1, -0.05) is 30.3 Å². The second kappa shape index (κ2) is 4.51. The molecule has 74 valence electrons. The molecular weight excluding hydrogens is 184 g/mol. The van der Waals surface area contributed by atoms with Crippen LogP contribution in [0.4, 0.5) is 0 Å². The van der Waals surface area contributed by atoms with Crippen LogP contribution in [0.15, 0.2) is 48.8 Å². The highest BCUT2D eigenvalue weighted by Crippen LogP contribution is 2.12. The van der Waals surface area contributed by atoms with Crippen LogP contribution < -0.4 is 0 Å². The fourth-order valence-electron chi connectivity index (χ4n) is 1.37. The van der Waals surface area contributed by atoms with Crippen molar-refractivity contribution in [1.29, 1.82) is 0 Å². The Bertz CT molecular complexity index is 446. The molecule has 2 heteroatoms. The van der Waals surface area contributed by atoms with Crippen molar-refractivity contribution >= 4 is 11.6 Å². The van der Waals surface area contributed by atoms with Gasteiger partial charge in [-0.2, -0.15) is 0 Å². The summed E-state index contributed by atoms with van der Waals surface area (Å²) in [4.78, 5) is 8.39. The molecule has 0 atom stereocenters. The molecule has 15 heavy (non-hydrogen) atoms. The highest BCUT2D eigenvalue weighted by Gasteiger charge is 1.96. The van der Waals surface area contributed by atoms with Gasteiger partial charge in [0.2, 0.25) is 0 Å². The minimum atomic E-state index is 0.779. The largest absolute Gasteiger partial charge is 0.237 e. The van der Waals surface area contributed by atoms with Crippen molar-refractivity contribution in [3.05, 3.63) is 60.2 Å². The lowest BCUT2D eigenvalue weighted by atomic mass is 10.1. The Balaban J connectivity index is 2.29. The number of rotatable bonds is 2. The number of aromatic nitrogens is 2. The van der Waals surface area contributed by atoms with Crippen LogP contribution in [-0.4, -0.2) is 9.97 Å². The minimum absolute atomic E-state index is 0.779. The molecule has 0 radical (unpaired) electrons. The van der Waals surface area contributed by atoms with E-state index in [1.807, 2.05) is 31.2 Å². The monoisotopic (exact) mass is 196 g/mol. The predicted molar refractivity (Wildman–Crippen MR) is 62.0 cm³/mol. The van der Waals surface area contributed by atoms with Gasteiger partial charge in [0.25, 0.3) is 0 Å². The van der Waals surface area contributed by atoms with Crippen LogP contribution in [0.25, 0.3) is 11.6 Å². The van der Waals surface area contributed by atoms with E-state index in [-0.39, 0.29) is 0 Å². The molecule has 2 aromatic rings. The number of hydrogen-bond donors (Lipinski definition) is 0. The molecule has 2 rings (SSSR count). The zero-order chi connectivity index (χ0) is 10.5. The van der Waals surface area contributed by atoms with Crippen molar-refractivity contribution in [1.82, 2.24) is 9.97 Å². The molecule has 0 fully saturated rings. The lowest BCUT2D eigenvalue weighted by Crippen LogP contribution is -1.88. The number of allylic oxidation sites excluding steroid dienone is 1. The van der Waals surface area contributed by atoms with E-state index in [1.54, 1.807) is 12.4 Å². The van der Waals surface area contributed by atoms with Gasteiger partial charge in [-0.15, -0.1) is 0 Å². The Morgan fingerprint density at radius 3 is 2.33 bits per heavy atom. The van der Waals surface area contributed by atoms with Gasteiger partial charge in [0.05, 0.1) is 0 Å². The Kier molecular flexibility index (Phi) is 2.88. The smallest absolute Gasteiger partial charge is 0.154 e. The summed E-state index contributed by atoms with van der Waals surface area (Å²) in [5.74, 6) is 0.779. The first-order valence-corrected chi connectivity index (χ1v) is 4.87. The molecule has 1 heterocycles. The maximum Gasteiger partial charge on any atom is 0.154 e. The van der Waals surface area contributed by atoms with Gasteiger partial charge < -0.3 is 0 Å². The summed E-state index contributed by atoms with van der Waals surface area (Å²) in [6.07, 6.45) is 5.59. The van der Waals surface area contributed by atoms with Crippen molar-refractivity contribution in [3.8, 4) is 0 Å². The van der Waals surface area contributed by atoms with E-state index >= 15 is 0 Å². The summed E-state index contributed by atoms with van der Waals surface area (Å²) in [6.45, 7) is 2.02. The predicted octanol–water partition coefficient (Wildman–Crippen LogP) is 3.04. The third-order valence-corrected chi connectivity index (χ3v) is 2.10. The molecule has 0 aliphatic heterocycles. The van der Waals surface area contributed by atoms with E-state index in [9.17, 15) is 0 Å². The molecule has 0 N–H and O–H groups in total. The molecule has 0 saturated heterocycles. The van der Waals surface area contributed by atoms with Crippen molar-refractivity contribution < 1.29 is 0 Å². The zero-order valence-electron chi connectivity index (χ0n) is 8.59. The molecule has 0 amide bonds. The van der Waals surface area contributed by atoms with E-state index in [1.165, 1.54) is 5.56 Å². The molecule has 1 aromatic carbocycles. The standard InChI is InChI=1S/C13H12N2/c1-11(13-14-8-5-9-15-13)10-12-6-3-2-4-7-12/h2-10H,1H3. The van der Waals surface area contributed by atoms with Crippen LogP contribution in [0.1, 0.15) is 18.3 Å². The summed E-state index contributed by atoms with van der Waals surface area (Å²) in [5, 5.41) is 0. The van der Waals surface area contributed by atoms with E-state index in [4.69, 9.17) is 0 Å². The van der Waals surface area contributed by atoms with Crippen LogP contribution in [0.2, 0.25) is 0 Å². The second-order valence-electron chi connectivity index (χ2n) is 3.31. The number of benzene rings is 1. The van der Waals surface area contributed by atoms with Crippen molar-refractivity contribution in [2.75, 3.05) is 0 Å². The summed E-state index contributed by atoms with van der Waals surface area (Å²) < 4.78 is 0. The summed E-state index contributed by atoms with van der Waals surface area (Å²) >= 11 is 0. The first kappa shape index (κ1) is 9.59. The number of hydrogen-bond acceptors (Lipinski definition) is 2. The van der Waals surface area contributed by atoms with Gasteiger partial charge in [-0.3, -0.25) is 0 Å². The van der Waals surface area contributed by atoms with Gasteiger partial charge in [0.1, 0.15) is 0 Å². The minimum Gasteiger partial charge on any atom is -0.237 e. The van der Waals surface area contributed by atoms with Crippen LogP contribution in [0, 0.1) is 0 Å². The Morgan fingerprint density at radius 2 is 1.67 bits per heavy atom. The SMILES string of the molecule is CC(=Cc1ccccc1)c1ncccn1. The molecule has 0 unspecified atom stereocenters. The molecule has 0 aliphatic carbocycles. The fraction of sp³-hybridized carbons (Fsp3) is 0.0769. The lowest BCUT2D eigenvalue weighted by molar-refractivity contribution is 1.11. The van der Waals surface area contributed by atoms with E-state index in [2.05, 4.69) is 28.2 Å². The van der Waals surface area contributed by atoms with Crippen LogP contribution in [0.5, 0.6) is 0 Å². The van der Waals surface area contributed by atoms with Crippen molar-refractivity contribution in [3.63, 3.8) is 0 Å². The zero-order valence-corrected chi connectivity index (χ0v) is 8.59. The van der Waals surface area contributed by atoms with E-state index in [0.717, 1.165) is 11.4 Å². The van der Waals surface area contributed by atoms with E-state index in [0.29, 0.717) is 0 Å². The Hall–Kier alpha value is -1.96. The molecular formula is C13H12N2. The normalized spacial score (nSPS) is 11.4. The lowest BCUT2D eigenvalue weighted by Gasteiger charge is -1.98. The molecule has 2 nitrogen and oxygen atoms in total. The van der Waals surface area contributed by atoms with E-state index < -0.39 is 0 Å². The molecule has 0 spiro atoms. The van der Waals surface area contributed by atoms with Crippen LogP contribution in [0.3, 0.4) is 0 Å². The van der Waals surface area contributed by atoms with Crippen molar-refractivity contribution in [2.24, 2.45) is 0 Å². The Morgan fingerprint density at radius 1 is 1.00 bits per heavy atom. The van der Waals surface area contributed by atoms with Gasteiger partial charge in [0, 0.05) is 12.4 Å². The summed E-state index contributed by atoms with van der Waals surface area (Å²) in [6, 6.07) is 12.0. The average molecular weight is 196 g/mol. The maximum absolute atomic E-state index is 4.20. The molecule has 1 aromatic heterocycles. The highest BCUT2D eigenvalue weighted by molar-refractivity contribution is 5.76. The third-order valence-electron chi connectivity index (χ3n) is 2.10.